The van der Waals surface area contributed by atoms with E-state index in [-0.39, 0.29) is 24.7 Å². The quantitative estimate of drug-likeness (QED) is 0.284. The van der Waals surface area contributed by atoms with Crippen LogP contribution in [0.3, 0.4) is 0 Å². The van der Waals surface area contributed by atoms with Crippen molar-refractivity contribution in [2.75, 3.05) is 33.4 Å². The normalized spacial score (nSPS) is 16.5. The van der Waals surface area contributed by atoms with E-state index in [1.165, 1.54) is 16.9 Å². The first kappa shape index (κ1) is 32.2. The number of amides is 1. The third-order valence-electron chi connectivity index (χ3n) is 8.11. The lowest BCUT2D eigenvalue weighted by atomic mass is 9.92. The molecule has 2 aliphatic heterocycles. The van der Waals surface area contributed by atoms with E-state index in [4.69, 9.17) is 19.2 Å². The average molecular weight is 632 g/mol. The van der Waals surface area contributed by atoms with Crippen molar-refractivity contribution in [2.45, 2.75) is 65.3 Å². The van der Waals surface area contributed by atoms with Crippen molar-refractivity contribution >= 4 is 29.3 Å². The van der Waals surface area contributed by atoms with Gasteiger partial charge >= 0.3 is 5.97 Å². The average Bonchev–Trinajstić information content (AvgIpc) is 3.68. The standard InChI is InChI=1S/C35H41N3O6S/c1-6-10-26-31(34(41)43-7-2)32(25-14-12-24(13-15-25)22(3)4)38-33(40)29(45-35(38)36-26)20-23-11-16-27(28(19-23)42-5)44-21-30(39)37-17-8-9-18-37/h11-16,19-20,22,32H,6-10,17-18,21H2,1-5H3/b29-20+/t32-/m0/s1. The van der Waals surface area contributed by atoms with Gasteiger partial charge in [-0.05, 0) is 67.0 Å². The van der Waals surface area contributed by atoms with Crippen molar-refractivity contribution in [2.24, 2.45) is 4.99 Å². The van der Waals surface area contributed by atoms with Crippen LogP contribution in [0.5, 0.6) is 11.5 Å². The summed E-state index contributed by atoms with van der Waals surface area (Å²) in [5.41, 5.74) is 3.53. The molecule has 1 saturated heterocycles. The number of thiazole rings is 1. The second kappa shape index (κ2) is 14.3. The molecular formula is C35H41N3O6S. The number of aromatic nitrogens is 1. The molecule has 0 bridgehead atoms. The Kier molecular flexibility index (Phi) is 10.2. The number of carbonyl (C=O) groups excluding carboxylic acids is 2. The van der Waals surface area contributed by atoms with Crippen molar-refractivity contribution < 1.29 is 23.8 Å². The summed E-state index contributed by atoms with van der Waals surface area (Å²) in [6.45, 7) is 9.76. The van der Waals surface area contributed by atoms with Crippen molar-refractivity contribution in [1.29, 1.82) is 0 Å². The molecule has 0 N–H and O–H groups in total. The smallest absolute Gasteiger partial charge is 0.338 e. The first-order valence-corrected chi connectivity index (χ1v) is 16.5. The second-order valence-electron chi connectivity index (χ2n) is 11.5. The number of hydrogen-bond acceptors (Lipinski definition) is 8. The van der Waals surface area contributed by atoms with Gasteiger partial charge in [0.1, 0.15) is 0 Å². The zero-order chi connectivity index (χ0) is 32.1. The van der Waals surface area contributed by atoms with Crippen LogP contribution in [0.4, 0.5) is 0 Å². The molecule has 3 aromatic rings. The molecule has 2 aromatic carbocycles. The van der Waals surface area contributed by atoms with Crippen molar-refractivity contribution in [1.82, 2.24) is 9.47 Å². The third-order valence-corrected chi connectivity index (χ3v) is 9.09. The molecule has 10 heteroatoms. The third kappa shape index (κ3) is 6.91. The van der Waals surface area contributed by atoms with Crippen LogP contribution in [0.25, 0.3) is 6.08 Å². The van der Waals surface area contributed by atoms with E-state index in [0.29, 0.717) is 44.4 Å². The molecule has 0 spiro atoms. The van der Waals surface area contributed by atoms with E-state index in [9.17, 15) is 14.4 Å². The molecule has 3 heterocycles. The summed E-state index contributed by atoms with van der Waals surface area (Å²) in [5, 5.41) is 0. The second-order valence-corrected chi connectivity index (χ2v) is 12.5. The summed E-state index contributed by atoms with van der Waals surface area (Å²) in [6, 6.07) is 12.8. The number of methoxy groups -OCH3 is 1. The Labute approximate surface area is 267 Å². The molecule has 5 rings (SSSR count). The number of carbonyl (C=O) groups is 2. The zero-order valence-corrected chi connectivity index (χ0v) is 27.4. The highest BCUT2D eigenvalue weighted by Crippen LogP contribution is 2.33. The number of allylic oxidation sites excluding steroid dienone is 1. The Hall–Kier alpha value is -4.18. The van der Waals surface area contributed by atoms with Crippen molar-refractivity contribution in [3.05, 3.63) is 90.1 Å². The van der Waals surface area contributed by atoms with E-state index < -0.39 is 12.0 Å². The Morgan fingerprint density at radius 3 is 2.44 bits per heavy atom. The number of benzene rings is 2. The Morgan fingerprint density at radius 1 is 1.07 bits per heavy atom. The monoisotopic (exact) mass is 631 g/mol. The minimum absolute atomic E-state index is 0.0437. The van der Waals surface area contributed by atoms with E-state index in [1.54, 1.807) is 36.8 Å². The summed E-state index contributed by atoms with van der Waals surface area (Å²) in [7, 11) is 1.54. The van der Waals surface area contributed by atoms with Gasteiger partial charge < -0.3 is 19.1 Å². The van der Waals surface area contributed by atoms with Crippen LogP contribution in [0.1, 0.15) is 82.0 Å². The van der Waals surface area contributed by atoms with Gasteiger partial charge in [0.25, 0.3) is 11.5 Å². The van der Waals surface area contributed by atoms with Crippen LogP contribution in [-0.4, -0.2) is 54.8 Å². The maximum absolute atomic E-state index is 14.1. The molecule has 2 aliphatic rings. The highest BCUT2D eigenvalue weighted by molar-refractivity contribution is 7.07. The van der Waals surface area contributed by atoms with E-state index in [1.807, 2.05) is 42.2 Å². The Morgan fingerprint density at radius 2 is 1.80 bits per heavy atom. The lowest BCUT2D eigenvalue weighted by Gasteiger charge is -2.26. The Balaban J connectivity index is 1.55. The van der Waals surface area contributed by atoms with Crippen LogP contribution in [-0.2, 0) is 14.3 Å². The predicted octanol–water partition coefficient (Wildman–Crippen LogP) is 4.71. The minimum Gasteiger partial charge on any atom is -0.493 e. The molecule has 45 heavy (non-hydrogen) atoms. The number of ether oxygens (including phenoxy) is 3. The van der Waals surface area contributed by atoms with Gasteiger partial charge in [0.05, 0.1) is 35.6 Å². The number of likely N-dealkylation sites (tertiary alicyclic amines) is 1. The van der Waals surface area contributed by atoms with Gasteiger partial charge in [0.15, 0.2) is 22.9 Å². The molecular weight excluding hydrogens is 590 g/mol. The topological polar surface area (TPSA) is 99.4 Å². The summed E-state index contributed by atoms with van der Waals surface area (Å²) < 4.78 is 19.0. The molecule has 1 aromatic heterocycles. The maximum Gasteiger partial charge on any atom is 0.338 e. The first-order valence-electron chi connectivity index (χ1n) is 15.7. The van der Waals surface area contributed by atoms with Gasteiger partial charge in [-0.1, -0.05) is 68.9 Å². The molecule has 0 radical (unpaired) electrons. The maximum atomic E-state index is 14.1. The largest absolute Gasteiger partial charge is 0.493 e. The van der Waals surface area contributed by atoms with E-state index in [2.05, 4.69) is 13.8 Å². The van der Waals surface area contributed by atoms with Crippen molar-refractivity contribution in [3.8, 4) is 11.5 Å². The number of esters is 1. The van der Waals surface area contributed by atoms with Gasteiger partial charge in [-0.2, -0.15) is 0 Å². The van der Waals surface area contributed by atoms with Gasteiger partial charge in [0.2, 0.25) is 0 Å². The lowest BCUT2D eigenvalue weighted by Crippen LogP contribution is -2.40. The lowest BCUT2D eigenvalue weighted by molar-refractivity contribution is -0.139. The van der Waals surface area contributed by atoms with Crippen molar-refractivity contribution in [3.63, 3.8) is 0 Å². The summed E-state index contributed by atoms with van der Waals surface area (Å²) >= 11 is 1.29. The van der Waals surface area contributed by atoms with Gasteiger partial charge in [-0.15, -0.1) is 0 Å². The zero-order valence-electron chi connectivity index (χ0n) is 26.6. The molecule has 0 aliphatic carbocycles. The number of rotatable bonds is 11. The molecule has 238 valence electrons. The van der Waals surface area contributed by atoms with Crippen LogP contribution in [0, 0.1) is 0 Å². The van der Waals surface area contributed by atoms with E-state index in [0.717, 1.165) is 43.5 Å². The highest BCUT2D eigenvalue weighted by atomic mass is 32.1. The molecule has 1 atom stereocenters. The summed E-state index contributed by atoms with van der Waals surface area (Å²) in [5.74, 6) is 0.759. The highest BCUT2D eigenvalue weighted by Gasteiger charge is 2.34. The fourth-order valence-electron chi connectivity index (χ4n) is 5.74. The van der Waals surface area contributed by atoms with Crippen LogP contribution < -0.4 is 24.4 Å². The number of nitrogens with zero attached hydrogens (tertiary/aromatic N) is 3. The SMILES string of the molecule is CCCC1=C(C(=O)OCC)[C@H](c2ccc(C(C)C)cc2)n2c(s/c(=C/c3ccc(OCC(=O)N4CCCC4)c(OC)c3)c2=O)=N1. The van der Waals surface area contributed by atoms with E-state index >= 15 is 0 Å². The molecule has 0 unspecified atom stereocenters. The fraction of sp³-hybridized carbons (Fsp3) is 0.429. The van der Waals surface area contributed by atoms with Crippen LogP contribution >= 0.6 is 11.3 Å². The first-order chi connectivity index (χ1) is 21.7. The molecule has 9 nitrogen and oxygen atoms in total. The fourth-order valence-corrected chi connectivity index (χ4v) is 6.76. The van der Waals surface area contributed by atoms with Crippen LogP contribution in [0.15, 0.2) is 63.5 Å². The summed E-state index contributed by atoms with van der Waals surface area (Å²) in [6.07, 6.45) is 5.19. The van der Waals surface area contributed by atoms with Crippen LogP contribution in [0.2, 0.25) is 0 Å². The summed E-state index contributed by atoms with van der Waals surface area (Å²) in [4.78, 5) is 47.2. The Bertz CT molecular complexity index is 1760. The minimum atomic E-state index is -0.663. The van der Waals surface area contributed by atoms with Gasteiger partial charge in [-0.3, -0.25) is 14.2 Å². The van der Waals surface area contributed by atoms with Gasteiger partial charge in [-0.25, -0.2) is 9.79 Å². The number of hydrogen-bond donors (Lipinski definition) is 0. The van der Waals surface area contributed by atoms with Gasteiger partial charge in [0, 0.05) is 13.1 Å². The predicted molar refractivity (Wildman–Crippen MR) is 174 cm³/mol. The number of fused-ring (bicyclic) bond motifs is 1. The molecule has 0 saturated carbocycles. The molecule has 1 amide bonds. The molecule has 1 fully saturated rings.